The number of hydrogen-bond acceptors (Lipinski definition) is 6. The van der Waals surface area contributed by atoms with E-state index in [1.54, 1.807) is 28.4 Å². The number of guanidine groups is 1. The van der Waals surface area contributed by atoms with Gasteiger partial charge in [-0.3, -0.25) is 4.99 Å². The Morgan fingerprint density at radius 3 is 2.32 bits per heavy atom. The van der Waals surface area contributed by atoms with Gasteiger partial charge in [-0.2, -0.15) is 0 Å². The molecule has 1 heterocycles. The molecule has 1 unspecified atom stereocenters. The van der Waals surface area contributed by atoms with Gasteiger partial charge in [0.05, 0.1) is 27.9 Å². The summed E-state index contributed by atoms with van der Waals surface area (Å²) in [6.07, 6.45) is 1.65. The van der Waals surface area contributed by atoms with Crippen LogP contribution in [0.5, 0.6) is 17.2 Å². The van der Waals surface area contributed by atoms with E-state index in [-0.39, 0.29) is 36.0 Å². The van der Waals surface area contributed by atoms with Crippen LogP contribution in [0.2, 0.25) is 0 Å². The minimum Gasteiger partial charge on any atom is -0.493 e. The van der Waals surface area contributed by atoms with Crippen LogP contribution in [-0.2, 0) is 11.3 Å². The molecule has 28 heavy (non-hydrogen) atoms. The van der Waals surface area contributed by atoms with E-state index in [0.717, 1.165) is 18.6 Å². The first-order valence-electron chi connectivity index (χ1n) is 9.03. The molecule has 0 bridgehead atoms. The highest BCUT2D eigenvalue weighted by Crippen LogP contribution is 2.38. The highest BCUT2D eigenvalue weighted by Gasteiger charge is 2.34. The molecule has 1 aromatic carbocycles. The zero-order chi connectivity index (χ0) is 19.7. The average Bonchev–Trinajstić information content (AvgIpc) is 3.16. The maximum absolute atomic E-state index is 9.34. The molecule has 160 valence electrons. The molecular weight excluding hydrogens is 477 g/mol. The van der Waals surface area contributed by atoms with E-state index in [0.29, 0.717) is 49.3 Å². The Hall–Kier alpha value is -1.46. The van der Waals surface area contributed by atoms with Gasteiger partial charge in [0.25, 0.3) is 0 Å². The van der Waals surface area contributed by atoms with Crippen molar-refractivity contribution < 1.29 is 24.1 Å². The van der Waals surface area contributed by atoms with E-state index in [9.17, 15) is 5.11 Å². The van der Waals surface area contributed by atoms with Gasteiger partial charge in [0.15, 0.2) is 17.5 Å². The second-order valence-electron chi connectivity index (χ2n) is 6.59. The Balaban J connectivity index is 0.00000392. The van der Waals surface area contributed by atoms with Crippen molar-refractivity contribution in [3.63, 3.8) is 0 Å². The normalized spacial score (nSPS) is 19.0. The second kappa shape index (κ2) is 12.2. The van der Waals surface area contributed by atoms with E-state index < -0.39 is 0 Å². The number of rotatable bonds is 9. The molecular formula is C19H32IN3O5. The van der Waals surface area contributed by atoms with Gasteiger partial charge in [0.2, 0.25) is 5.75 Å². The molecule has 3 N–H and O–H groups in total. The Kier molecular flexibility index (Phi) is 10.7. The van der Waals surface area contributed by atoms with Gasteiger partial charge in [-0.25, -0.2) is 0 Å². The van der Waals surface area contributed by atoms with Crippen LogP contribution in [0.25, 0.3) is 0 Å². The minimum atomic E-state index is -0.0427. The van der Waals surface area contributed by atoms with Gasteiger partial charge in [0, 0.05) is 38.8 Å². The van der Waals surface area contributed by atoms with Crippen LogP contribution in [0.4, 0.5) is 0 Å². The van der Waals surface area contributed by atoms with Gasteiger partial charge in [-0.1, -0.05) is 0 Å². The number of ether oxygens (including phenoxy) is 4. The van der Waals surface area contributed by atoms with Crippen LogP contribution < -0.4 is 24.8 Å². The Bertz CT molecular complexity index is 611. The molecule has 0 amide bonds. The van der Waals surface area contributed by atoms with Gasteiger partial charge < -0.3 is 34.7 Å². The van der Waals surface area contributed by atoms with Crippen LogP contribution in [0.15, 0.2) is 17.1 Å². The average molecular weight is 509 g/mol. The number of hydrogen-bond donors (Lipinski definition) is 3. The molecule has 0 aromatic heterocycles. The zero-order valence-electron chi connectivity index (χ0n) is 17.0. The summed E-state index contributed by atoms with van der Waals surface area (Å²) in [6.45, 7) is 2.79. The SMILES string of the molecule is CN=C(NCc1cc(OC)c(OC)c(OC)c1)NCC1(CCO)CCOC1.I. The standard InChI is InChI=1S/C19H31N3O5.HI/c1-20-18(22-12-19(5-7-23)6-8-27-13-19)21-11-14-9-15(24-2)17(26-4)16(10-14)25-3;/h9-10,23H,5-8,11-13H2,1-4H3,(H2,20,21,22);1H. The van der Waals surface area contributed by atoms with Crippen LogP contribution >= 0.6 is 24.0 Å². The van der Waals surface area contributed by atoms with Crippen LogP contribution in [0.3, 0.4) is 0 Å². The van der Waals surface area contributed by atoms with E-state index >= 15 is 0 Å². The number of aliphatic imine (C=N–C) groups is 1. The molecule has 1 aliphatic rings. The van der Waals surface area contributed by atoms with Crippen molar-refractivity contribution >= 4 is 29.9 Å². The number of aliphatic hydroxyl groups is 1. The summed E-state index contributed by atoms with van der Waals surface area (Å²) in [5, 5.41) is 16.0. The van der Waals surface area contributed by atoms with Crippen molar-refractivity contribution in [2.75, 3.05) is 54.7 Å². The predicted molar refractivity (Wildman–Crippen MR) is 119 cm³/mol. The molecule has 9 heteroatoms. The summed E-state index contributed by atoms with van der Waals surface area (Å²) in [6, 6.07) is 3.80. The number of halogens is 1. The number of aliphatic hydroxyl groups excluding tert-OH is 1. The number of nitrogens with zero attached hydrogens (tertiary/aromatic N) is 1. The molecule has 1 saturated heterocycles. The molecule has 1 aliphatic heterocycles. The van der Waals surface area contributed by atoms with Crippen molar-refractivity contribution in [1.82, 2.24) is 10.6 Å². The minimum absolute atomic E-state index is 0. The summed E-state index contributed by atoms with van der Waals surface area (Å²) in [7, 11) is 6.51. The zero-order valence-corrected chi connectivity index (χ0v) is 19.4. The van der Waals surface area contributed by atoms with Gasteiger partial charge >= 0.3 is 0 Å². The Morgan fingerprint density at radius 1 is 1.18 bits per heavy atom. The molecule has 1 atom stereocenters. The third kappa shape index (κ3) is 6.28. The smallest absolute Gasteiger partial charge is 0.203 e. The lowest BCUT2D eigenvalue weighted by Crippen LogP contribution is -2.44. The summed E-state index contributed by atoms with van der Waals surface area (Å²) < 4.78 is 21.7. The molecule has 1 aromatic rings. The van der Waals surface area contributed by atoms with Gasteiger partial charge in [0.1, 0.15) is 0 Å². The molecule has 0 saturated carbocycles. The quantitative estimate of drug-likeness (QED) is 0.266. The molecule has 0 aliphatic carbocycles. The summed E-state index contributed by atoms with van der Waals surface area (Å²) in [5.41, 5.74) is 0.931. The third-order valence-corrected chi connectivity index (χ3v) is 4.87. The molecule has 0 radical (unpaired) electrons. The van der Waals surface area contributed by atoms with Crippen molar-refractivity contribution in [2.24, 2.45) is 10.4 Å². The van der Waals surface area contributed by atoms with Crippen molar-refractivity contribution in [1.29, 1.82) is 0 Å². The highest BCUT2D eigenvalue weighted by atomic mass is 127. The van der Waals surface area contributed by atoms with Gasteiger partial charge in [-0.15, -0.1) is 24.0 Å². The fourth-order valence-electron chi connectivity index (χ4n) is 3.23. The third-order valence-electron chi connectivity index (χ3n) is 4.87. The number of methoxy groups -OCH3 is 3. The topological polar surface area (TPSA) is 93.6 Å². The number of benzene rings is 1. The number of nitrogens with one attached hydrogen (secondary N) is 2. The van der Waals surface area contributed by atoms with Crippen molar-refractivity contribution in [3.05, 3.63) is 17.7 Å². The second-order valence-corrected chi connectivity index (χ2v) is 6.59. The summed E-state index contributed by atoms with van der Waals surface area (Å²) in [4.78, 5) is 4.28. The Labute approximate surface area is 184 Å². The predicted octanol–water partition coefficient (Wildman–Crippen LogP) is 1.78. The van der Waals surface area contributed by atoms with E-state index in [4.69, 9.17) is 18.9 Å². The van der Waals surface area contributed by atoms with Crippen molar-refractivity contribution in [3.8, 4) is 17.2 Å². The fourth-order valence-corrected chi connectivity index (χ4v) is 3.23. The maximum atomic E-state index is 9.34. The first-order valence-corrected chi connectivity index (χ1v) is 9.03. The Morgan fingerprint density at radius 2 is 1.86 bits per heavy atom. The lowest BCUT2D eigenvalue weighted by atomic mass is 9.84. The molecule has 1 fully saturated rings. The summed E-state index contributed by atoms with van der Waals surface area (Å²) in [5.74, 6) is 2.48. The lowest BCUT2D eigenvalue weighted by molar-refractivity contribution is 0.127. The largest absolute Gasteiger partial charge is 0.493 e. The first kappa shape index (κ1) is 24.6. The highest BCUT2D eigenvalue weighted by molar-refractivity contribution is 14.0. The lowest BCUT2D eigenvalue weighted by Gasteiger charge is -2.27. The maximum Gasteiger partial charge on any atom is 0.203 e. The first-order chi connectivity index (χ1) is 13.1. The molecule has 8 nitrogen and oxygen atoms in total. The summed E-state index contributed by atoms with van der Waals surface area (Å²) >= 11 is 0. The van der Waals surface area contributed by atoms with Crippen LogP contribution in [0, 0.1) is 5.41 Å². The van der Waals surface area contributed by atoms with Gasteiger partial charge in [-0.05, 0) is 30.5 Å². The van der Waals surface area contributed by atoms with Crippen LogP contribution in [-0.4, -0.2) is 65.8 Å². The van der Waals surface area contributed by atoms with Crippen LogP contribution in [0.1, 0.15) is 18.4 Å². The van der Waals surface area contributed by atoms with Crippen molar-refractivity contribution in [2.45, 2.75) is 19.4 Å². The molecule has 2 rings (SSSR count). The molecule has 0 spiro atoms. The van der Waals surface area contributed by atoms with E-state index in [1.807, 2.05) is 12.1 Å². The fraction of sp³-hybridized carbons (Fsp3) is 0.632. The van der Waals surface area contributed by atoms with E-state index in [1.165, 1.54) is 0 Å². The van der Waals surface area contributed by atoms with E-state index in [2.05, 4.69) is 15.6 Å². The monoisotopic (exact) mass is 509 g/mol.